The Bertz CT molecular complexity index is 1070. The molecule has 166 valence electrons. The molecule has 0 aliphatic heterocycles. The second kappa shape index (κ2) is 7.94. The average Bonchev–Trinajstić information content (AvgIpc) is 3.09. The summed E-state index contributed by atoms with van der Waals surface area (Å²) in [6.07, 6.45) is 10.3. The van der Waals surface area contributed by atoms with Crippen molar-refractivity contribution >= 4 is 17.6 Å². The van der Waals surface area contributed by atoms with E-state index in [2.05, 4.69) is 18.9 Å². The fraction of sp³-hybridized carbons (Fsp3) is 0.464. The maximum atomic E-state index is 12.5. The van der Waals surface area contributed by atoms with Gasteiger partial charge in [0.25, 0.3) is 0 Å². The van der Waals surface area contributed by atoms with Gasteiger partial charge in [-0.15, -0.1) is 18.0 Å². The Hall–Kier alpha value is -2.28. The number of halogens is 1. The number of benzene rings is 2. The van der Waals surface area contributed by atoms with Crippen molar-refractivity contribution in [2.45, 2.75) is 50.5 Å². The molecule has 1 N–H and O–H groups in total. The Morgan fingerprint density at radius 2 is 2.03 bits per heavy atom. The summed E-state index contributed by atoms with van der Waals surface area (Å²) in [5.74, 6) is 5.01. The van der Waals surface area contributed by atoms with Crippen LogP contribution in [0, 0.1) is 35.5 Å². The van der Waals surface area contributed by atoms with Crippen molar-refractivity contribution in [3.05, 3.63) is 65.2 Å². The molecule has 3 nitrogen and oxygen atoms in total. The highest BCUT2D eigenvalue weighted by atomic mass is 35.5. The summed E-state index contributed by atoms with van der Waals surface area (Å²) in [7, 11) is 0. The summed E-state index contributed by atoms with van der Waals surface area (Å²) in [4.78, 5) is 12.5. The van der Waals surface area contributed by atoms with Gasteiger partial charge in [-0.05, 0) is 91.2 Å². The number of rotatable bonds is 3. The number of aliphatic hydroxyl groups is 1. The molecular weight excluding hydrogens is 420 g/mol. The van der Waals surface area contributed by atoms with E-state index in [4.69, 9.17) is 22.8 Å². The van der Waals surface area contributed by atoms with Crippen molar-refractivity contribution in [3.63, 3.8) is 0 Å². The number of esters is 1. The van der Waals surface area contributed by atoms with Crippen LogP contribution in [0.25, 0.3) is 0 Å². The number of hydrogen-bond acceptors (Lipinski definition) is 3. The predicted molar refractivity (Wildman–Crippen MR) is 126 cm³/mol. The molecule has 0 saturated heterocycles. The predicted octanol–water partition coefficient (Wildman–Crippen LogP) is 5.59. The lowest BCUT2D eigenvalue weighted by molar-refractivity contribution is -0.0805. The third-order valence-electron chi connectivity index (χ3n) is 8.63. The maximum Gasteiger partial charge on any atom is 0.343 e. The van der Waals surface area contributed by atoms with E-state index in [9.17, 15) is 9.90 Å². The van der Waals surface area contributed by atoms with Crippen LogP contribution in [0.1, 0.15) is 60.0 Å². The second-order valence-corrected chi connectivity index (χ2v) is 10.3. The number of terminal acetylenes is 1. The molecule has 3 aliphatic rings. The van der Waals surface area contributed by atoms with Crippen LogP contribution < -0.4 is 4.74 Å². The van der Waals surface area contributed by atoms with Crippen LogP contribution in [0.2, 0.25) is 0 Å². The van der Waals surface area contributed by atoms with E-state index in [0.717, 1.165) is 25.7 Å². The minimum atomic E-state index is -1.04. The van der Waals surface area contributed by atoms with E-state index in [0.29, 0.717) is 41.4 Å². The summed E-state index contributed by atoms with van der Waals surface area (Å²) in [5.41, 5.74) is 1.79. The average molecular weight is 449 g/mol. The highest BCUT2D eigenvalue weighted by Gasteiger charge is 2.63. The number of alkyl halides is 1. The van der Waals surface area contributed by atoms with E-state index < -0.39 is 5.60 Å². The van der Waals surface area contributed by atoms with Crippen molar-refractivity contribution in [2.75, 3.05) is 5.88 Å². The van der Waals surface area contributed by atoms with Crippen molar-refractivity contribution < 1.29 is 14.6 Å². The second-order valence-electron chi connectivity index (χ2n) is 10.0. The van der Waals surface area contributed by atoms with Crippen molar-refractivity contribution in [3.8, 4) is 18.1 Å². The first-order chi connectivity index (χ1) is 15.4. The zero-order chi connectivity index (χ0) is 22.5. The SMILES string of the molecule is C#C[C@]1(O)CC[C@H]2[C@@H]3CCc4cc(OC(=O)c5ccccc5)ccc4[C@H]3C(CCl)C[C@@]21C. The fourth-order valence-corrected chi connectivity index (χ4v) is 7.36. The number of carbonyl (C=O) groups is 1. The fourth-order valence-electron chi connectivity index (χ4n) is 7.06. The van der Waals surface area contributed by atoms with E-state index in [-0.39, 0.29) is 17.3 Å². The number of fused-ring (bicyclic) bond motifs is 5. The Morgan fingerprint density at radius 3 is 2.75 bits per heavy atom. The zero-order valence-electron chi connectivity index (χ0n) is 18.4. The first kappa shape index (κ1) is 21.6. The molecule has 5 rings (SSSR count). The van der Waals surface area contributed by atoms with Gasteiger partial charge in [-0.25, -0.2) is 4.79 Å². The molecular formula is C28H29ClO3. The molecule has 2 saturated carbocycles. The van der Waals surface area contributed by atoms with Crippen molar-refractivity contribution in [1.29, 1.82) is 0 Å². The van der Waals surface area contributed by atoms with Crippen molar-refractivity contribution in [1.82, 2.24) is 0 Å². The van der Waals surface area contributed by atoms with E-state index in [1.54, 1.807) is 12.1 Å². The quantitative estimate of drug-likeness (QED) is 0.288. The lowest BCUT2D eigenvalue weighted by atomic mass is 9.50. The Labute approximate surface area is 195 Å². The largest absolute Gasteiger partial charge is 0.423 e. The molecule has 6 atom stereocenters. The number of aryl methyl sites for hydroxylation is 1. The van der Waals surface area contributed by atoms with Crippen LogP contribution in [-0.2, 0) is 6.42 Å². The van der Waals surface area contributed by atoms with Crippen LogP contribution >= 0.6 is 11.6 Å². The molecule has 0 amide bonds. The van der Waals surface area contributed by atoms with E-state index in [1.165, 1.54) is 11.1 Å². The van der Waals surface area contributed by atoms with Crippen LogP contribution in [0.4, 0.5) is 0 Å². The van der Waals surface area contributed by atoms with Gasteiger partial charge in [-0.2, -0.15) is 0 Å². The van der Waals surface area contributed by atoms with Crippen LogP contribution in [0.5, 0.6) is 5.75 Å². The van der Waals surface area contributed by atoms with Crippen LogP contribution in [0.3, 0.4) is 0 Å². The minimum absolute atomic E-state index is 0.262. The summed E-state index contributed by atoms with van der Waals surface area (Å²) in [5, 5.41) is 11.2. The van der Waals surface area contributed by atoms with Crippen LogP contribution in [-0.4, -0.2) is 22.6 Å². The molecule has 4 heteroatoms. The van der Waals surface area contributed by atoms with Crippen LogP contribution in [0.15, 0.2) is 48.5 Å². The molecule has 3 aliphatic carbocycles. The molecule has 2 fully saturated rings. The molecule has 1 unspecified atom stereocenters. The molecule has 0 bridgehead atoms. The zero-order valence-corrected chi connectivity index (χ0v) is 19.1. The molecule has 0 heterocycles. The van der Waals surface area contributed by atoms with Gasteiger partial charge in [0, 0.05) is 11.3 Å². The van der Waals surface area contributed by atoms with Gasteiger partial charge in [0.1, 0.15) is 11.4 Å². The van der Waals surface area contributed by atoms with E-state index >= 15 is 0 Å². The van der Waals surface area contributed by atoms with Gasteiger partial charge < -0.3 is 9.84 Å². The lowest BCUT2D eigenvalue weighted by Gasteiger charge is -2.55. The highest BCUT2D eigenvalue weighted by molar-refractivity contribution is 6.18. The number of ether oxygens (including phenoxy) is 1. The summed E-state index contributed by atoms with van der Waals surface area (Å²) < 4.78 is 5.66. The molecule has 2 aromatic rings. The maximum absolute atomic E-state index is 12.5. The van der Waals surface area contributed by atoms with Crippen molar-refractivity contribution in [2.24, 2.45) is 23.2 Å². The van der Waals surface area contributed by atoms with Gasteiger partial charge >= 0.3 is 5.97 Å². The van der Waals surface area contributed by atoms with Gasteiger partial charge in [-0.3, -0.25) is 0 Å². The molecule has 0 spiro atoms. The summed E-state index contributed by atoms with van der Waals surface area (Å²) in [6, 6.07) is 15.1. The number of carbonyl (C=O) groups excluding carboxylic acids is 1. The Balaban J connectivity index is 1.44. The topological polar surface area (TPSA) is 46.5 Å². The van der Waals surface area contributed by atoms with Gasteiger partial charge in [0.05, 0.1) is 5.56 Å². The minimum Gasteiger partial charge on any atom is -0.423 e. The highest BCUT2D eigenvalue weighted by Crippen LogP contribution is 2.65. The molecule has 2 aromatic carbocycles. The van der Waals surface area contributed by atoms with Gasteiger partial charge in [-0.1, -0.05) is 37.1 Å². The standard InChI is InChI=1S/C28H29ClO3/c1-3-28(31)14-13-24-23-11-9-19-15-21(32-26(30)18-7-5-4-6-8-18)10-12-22(19)25(23)20(17-29)16-27(24,28)2/h1,4-8,10,12,15,20,23-25,31H,9,11,13-14,16-17H2,2H3/t20?,23-,24-,25+,27-,28-/m0/s1. The normalized spacial score (nSPS) is 35.2. The Morgan fingerprint density at radius 1 is 1.25 bits per heavy atom. The third-order valence-corrected chi connectivity index (χ3v) is 9.03. The third kappa shape index (κ3) is 3.19. The molecule has 32 heavy (non-hydrogen) atoms. The molecule has 0 radical (unpaired) electrons. The first-order valence-electron chi connectivity index (χ1n) is 11.6. The summed E-state index contributed by atoms with van der Waals surface area (Å²) in [6.45, 7) is 2.18. The lowest BCUT2D eigenvalue weighted by Crippen LogP contribution is -2.53. The molecule has 0 aromatic heterocycles. The smallest absolute Gasteiger partial charge is 0.343 e. The monoisotopic (exact) mass is 448 g/mol. The summed E-state index contributed by atoms with van der Waals surface area (Å²) >= 11 is 6.52. The number of hydrogen-bond donors (Lipinski definition) is 1. The van der Waals surface area contributed by atoms with E-state index in [1.807, 2.05) is 30.3 Å². The van der Waals surface area contributed by atoms with Gasteiger partial charge in [0.2, 0.25) is 0 Å². The first-order valence-corrected chi connectivity index (χ1v) is 12.1. The van der Waals surface area contributed by atoms with Gasteiger partial charge in [0.15, 0.2) is 0 Å². The Kier molecular flexibility index (Phi) is 5.35.